The van der Waals surface area contributed by atoms with Crippen molar-refractivity contribution >= 4 is 97.7 Å². The third-order valence-electron chi connectivity index (χ3n) is 16.3. The standard InChI is InChI=1S/C41H25N3.C37H23N3/c1-2-10-32-31(7-1)23-36(34-12-4-3-11-33(32)34)38-21-19-27-15-17-30(25-40(27)44-38)29-16-14-26-18-20-37(43-39(26)24-29)35-13-5-8-28-9-6-22-42-41(28)35;1-2-6-28-21-31(15-10-24(28)5-1)33-18-16-25-11-13-29(22-35(25)39-33)30-14-12-26-17-19-34(40-36(26)23-30)32-9-3-7-27-8-4-20-38-37(27)32/h1-25H;1-23H. The van der Waals surface area contributed by atoms with Gasteiger partial charge in [0, 0.05) is 67.0 Å². The van der Waals surface area contributed by atoms with E-state index in [4.69, 9.17) is 19.9 Å². The van der Waals surface area contributed by atoms with E-state index in [0.29, 0.717) is 0 Å². The van der Waals surface area contributed by atoms with Crippen molar-refractivity contribution in [2.45, 2.75) is 0 Å². The van der Waals surface area contributed by atoms with E-state index in [1.807, 2.05) is 24.5 Å². The molecule has 0 N–H and O–H groups in total. The molecule has 6 aromatic heterocycles. The van der Waals surface area contributed by atoms with Crippen molar-refractivity contribution < 1.29 is 0 Å². The maximum atomic E-state index is 5.21. The number of pyridine rings is 6. The summed E-state index contributed by atoms with van der Waals surface area (Å²) in [6.07, 6.45) is 3.68. The summed E-state index contributed by atoms with van der Waals surface area (Å²) in [6.45, 7) is 0. The number of rotatable bonds is 6. The lowest BCUT2D eigenvalue weighted by atomic mass is 9.95. The largest absolute Gasteiger partial charge is 0.256 e. The summed E-state index contributed by atoms with van der Waals surface area (Å²) >= 11 is 0. The highest BCUT2D eigenvalue weighted by Gasteiger charge is 2.14. The van der Waals surface area contributed by atoms with Crippen LogP contribution in [0.25, 0.3) is 165 Å². The third kappa shape index (κ3) is 8.87. The molecule has 0 unspecified atom stereocenters. The maximum Gasteiger partial charge on any atom is 0.0795 e. The van der Waals surface area contributed by atoms with Crippen LogP contribution in [0.1, 0.15) is 0 Å². The summed E-state index contributed by atoms with van der Waals surface area (Å²) in [5, 5.41) is 14.1. The van der Waals surface area contributed by atoms with E-state index in [0.717, 1.165) is 133 Å². The molecular formula is C78H48N6. The number of hydrogen-bond acceptors (Lipinski definition) is 6. The summed E-state index contributed by atoms with van der Waals surface area (Å²) in [6, 6.07) is 98.1. The zero-order valence-electron chi connectivity index (χ0n) is 45.4. The number of para-hydroxylation sites is 2. The first kappa shape index (κ1) is 48.6. The van der Waals surface area contributed by atoms with Crippen LogP contribution in [-0.2, 0) is 0 Å². The molecule has 390 valence electrons. The zero-order valence-corrected chi connectivity index (χ0v) is 45.4. The Morgan fingerprint density at radius 3 is 1.08 bits per heavy atom. The second-order valence-corrected chi connectivity index (χ2v) is 21.4. The van der Waals surface area contributed by atoms with Crippen LogP contribution < -0.4 is 0 Å². The van der Waals surface area contributed by atoms with Crippen LogP contribution in [-0.4, -0.2) is 29.9 Å². The number of hydrogen-bond donors (Lipinski definition) is 0. The minimum Gasteiger partial charge on any atom is -0.256 e. The highest BCUT2D eigenvalue weighted by atomic mass is 14.7. The molecule has 0 fully saturated rings. The first-order chi connectivity index (χ1) is 41.6. The Balaban J connectivity index is 0.000000138. The third-order valence-corrected chi connectivity index (χ3v) is 16.3. The van der Waals surface area contributed by atoms with Crippen molar-refractivity contribution in [2.75, 3.05) is 0 Å². The molecule has 11 aromatic carbocycles. The lowest BCUT2D eigenvalue weighted by Gasteiger charge is -2.12. The van der Waals surface area contributed by atoms with E-state index < -0.39 is 0 Å². The summed E-state index contributed by atoms with van der Waals surface area (Å²) in [5.41, 5.74) is 18.4. The minimum absolute atomic E-state index is 0.923. The van der Waals surface area contributed by atoms with Crippen LogP contribution in [0.15, 0.2) is 291 Å². The van der Waals surface area contributed by atoms with Gasteiger partial charge in [0.05, 0.1) is 55.9 Å². The molecule has 0 atom stereocenters. The average Bonchev–Trinajstić information content (AvgIpc) is 3.47. The number of aromatic nitrogens is 6. The molecule has 6 heteroatoms. The predicted molar refractivity (Wildman–Crippen MR) is 350 cm³/mol. The van der Waals surface area contributed by atoms with Gasteiger partial charge in [-0.2, -0.15) is 0 Å². The molecule has 0 amide bonds. The van der Waals surface area contributed by atoms with Gasteiger partial charge in [-0.1, -0.05) is 206 Å². The van der Waals surface area contributed by atoms with E-state index in [1.54, 1.807) is 0 Å². The van der Waals surface area contributed by atoms with Crippen LogP contribution in [0.4, 0.5) is 0 Å². The monoisotopic (exact) mass is 1070 g/mol. The number of nitrogens with zero attached hydrogens (tertiary/aromatic N) is 6. The van der Waals surface area contributed by atoms with Gasteiger partial charge in [0.15, 0.2) is 0 Å². The molecule has 0 aliphatic carbocycles. The molecule has 84 heavy (non-hydrogen) atoms. The fourth-order valence-corrected chi connectivity index (χ4v) is 12.0. The topological polar surface area (TPSA) is 77.3 Å². The summed E-state index contributed by atoms with van der Waals surface area (Å²) in [4.78, 5) is 29.7. The molecule has 0 bridgehead atoms. The molecule has 0 aliphatic rings. The fourth-order valence-electron chi connectivity index (χ4n) is 12.0. The summed E-state index contributed by atoms with van der Waals surface area (Å²) in [5.74, 6) is 0. The Morgan fingerprint density at radius 1 is 0.190 bits per heavy atom. The van der Waals surface area contributed by atoms with E-state index in [1.165, 1.54) is 32.3 Å². The minimum atomic E-state index is 0.923. The fraction of sp³-hybridized carbons (Fsp3) is 0. The van der Waals surface area contributed by atoms with Crippen molar-refractivity contribution in [3.63, 3.8) is 0 Å². The van der Waals surface area contributed by atoms with Gasteiger partial charge in [0.25, 0.3) is 0 Å². The van der Waals surface area contributed by atoms with Crippen LogP contribution in [0.5, 0.6) is 0 Å². The smallest absolute Gasteiger partial charge is 0.0795 e. The van der Waals surface area contributed by atoms with Crippen LogP contribution in [0, 0.1) is 0 Å². The van der Waals surface area contributed by atoms with Gasteiger partial charge in [-0.25, -0.2) is 19.9 Å². The van der Waals surface area contributed by atoms with E-state index in [-0.39, 0.29) is 0 Å². The maximum absolute atomic E-state index is 5.21. The Kier molecular flexibility index (Phi) is 11.8. The molecule has 17 aromatic rings. The molecule has 17 rings (SSSR count). The molecule has 6 heterocycles. The summed E-state index contributed by atoms with van der Waals surface area (Å²) < 4.78 is 0. The Morgan fingerprint density at radius 2 is 0.560 bits per heavy atom. The van der Waals surface area contributed by atoms with Crippen LogP contribution >= 0.6 is 0 Å². The van der Waals surface area contributed by atoms with Gasteiger partial charge >= 0.3 is 0 Å². The number of fused-ring (bicyclic) bond motifs is 10. The Bertz CT molecular complexity index is 5470. The molecule has 0 saturated heterocycles. The quantitative estimate of drug-likeness (QED) is 0.154. The van der Waals surface area contributed by atoms with Gasteiger partial charge in [-0.15, -0.1) is 0 Å². The average molecular weight is 1070 g/mol. The lowest BCUT2D eigenvalue weighted by molar-refractivity contribution is 1.37. The van der Waals surface area contributed by atoms with E-state index in [2.05, 4.69) is 277 Å². The van der Waals surface area contributed by atoms with Gasteiger partial charge in [0.2, 0.25) is 0 Å². The Labute approximate surface area is 483 Å². The molecular weight excluding hydrogens is 1020 g/mol. The summed E-state index contributed by atoms with van der Waals surface area (Å²) in [7, 11) is 0. The first-order valence-corrected chi connectivity index (χ1v) is 28.3. The molecule has 0 spiro atoms. The molecule has 6 nitrogen and oxygen atoms in total. The van der Waals surface area contributed by atoms with Crippen molar-refractivity contribution in [1.82, 2.24) is 29.9 Å². The van der Waals surface area contributed by atoms with E-state index >= 15 is 0 Å². The van der Waals surface area contributed by atoms with Crippen molar-refractivity contribution in [1.29, 1.82) is 0 Å². The van der Waals surface area contributed by atoms with Gasteiger partial charge in [0.1, 0.15) is 0 Å². The first-order valence-electron chi connectivity index (χ1n) is 28.3. The molecule has 0 saturated carbocycles. The number of benzene rings is 11. The van der Waals surface area contributed by atoms with Crippen molar-refractivity contribution in [2.24, 2.45) is 0 Å². The lowest BCUT2D eigenvalue weighted by Crippen LogP contribution is -1.90. The normalized spacial score (nSPS) is 11.6. The molecule has 0 aliphatic heterocycles. The highest BCUT2D eigenvalue weighted by molar-refractivity contribution is 6.14. The highest BCUT2D eigenvalue weighted by Crippen LogP contribution is 2.37. The van der Waals surface area contributed by atoms with E-state index in [9.17, 15) is 0 Å². The Hall–Kier alpha value is -11.3. The van der Waals surface area contributed by atoms with Gasteiger partial charge < -0.3 is 0 Å². The second kappa shape index (κ2) is 20.3. The second-order valence-electron chi connectivity index (χ2n) is 21.4. The SMILES string of the molecule is c1ccc2cc(-c3ccc4ccc(-c5ccc6ccc(-c7cccc8cccnc78)nc6c5)cc4n3)ccc2c1.c1cnc2c(-c3ccc4ccc(-c5ccc6ccc(-c7cc8ccccc8c8ccccc78)nc6c5)cc4n3)cccc2c1. The van der Waals surface area contributed by atoms with Gasteiger partial charge in [-0.05, 0) is 127 Å². The zero-order chi connectivity index (χ0) is 55.5. The van der Waals surface area contributed by atoms with Crippen molar-refractivity contribution in [3.05, 3.63) is 291 Å². The van der Waals surface area contributed by atoms with Crippen LogP contribution in [0.3, 0.4) is 0 Å². The predicted octanol–water partition coefficient (Wildman–Crippen LogP) is 20.1. The van der Waals surface area contributed by atoms with Crippen molar-refractivity contribution in [3.8, 4) is 67.3 Å². The van der Waals surface area contributed by atoms with Crippen LogP contribution in [0.2, 0.25) is 0 Å². The molecule has 0 radical (unpaired) electrons. The van der Waals surface area contributed by atoms with Gasteiger partial charge in [-0.3, -0.25) is 9.97 Å².